The normalized spacial score (nSPS) is 10.4. The molecule has 0 aliphatic rings. The number of benzene rings is 2. The molecule has 5 nitrogen and oxygen atoms in total. The first-order chi connectivity index (χ1) is 12.2. The summed E-state index contributed by atoms with van der Waals surface area (Å²) in [4.78, 5) is 23.4. The molecule has 1 aromatic heterocycles. The molecule has 3 rings (SSSR count). The highest BCUT2D eigenvalue weighted by Crippen LogP contribution is 2.13. The Morgan fingerprint density at radius 3 is 2.52 bits per heavy atom. The summed E-state index contributed by atoms with van der Waals surface area (Å²) in [6.45, 7) is 3.14. The van der Waals surface area contributed by atoms with Gasteiger partial charge in [-0.25, -0.2) is 4.98 Å². The Kier molecular flexibility index (Phi) is 5.00. The van der Waals surface area contributed by atoms with Crippen molar-refractivity contribution in [2.75, 3.05) is 6.54 Å². The number of hydrogen-bond donors (Lipinski definition) is 0. The summed E-state index contributed by atoms with van der Waals surface area (Å²) in [5.41, 5.74) is 3.42. The molecule has 0 aliphatic carbocycles. The highest BCUT2D eigenvalue weighted by atomic mass is 16.2. The Hall–Kier alpha value is -3.26. The van der Waals surface area contributed by atoms with Crippen molar-refractivity contribution in [1.29, 1.82) is 5.26 Å². The van der Waals surface area contributed by atoms with E-state index in [0.29, 0.717) is 29.9 Å². The summed E-state index contributed by atoms with van der Waals surface area (Å²) in [7, 11) is 0. The van der Waals surface area contributed by atoms with Gasteiger partial charge in [-0.3, -0.25) is 9.78 Å². The van der Waals surface area contributed by atoms with Crippen LogP contribution < -0.4 is 0 Å². The van der Waals surface area contributed by atoms with E-state index in [1.54, 1.807) is 17.0 Å². The van der Waals surface area contributed by atoms with Crippen molar-refractivity contribution in [3.05, 3.63) is 71.5 Å². The summed E-state index contributed by atoms with van der Waals surface area (Å²) in [6.07, 6.45) is 2.38. The molecular weight excluding hydrogens is 312 g/mol. The van der Waals surface area contributed by atoms with Crippen LogP contribution in [0, 0.1) is 11.3 Å². The van der Waals surface area contributed by atoms with E-state index in [1.807, 2.05) is 43.3 Å². The average Bonchev–Trinajstić information content (AvgIpc) is 2.67. The average molecular weight is 330 g/mol. The predicted molar refractivity (Wildman–Crippen MR) is 95.7 cm³/mol. The van der Waals surface area contributed by atoms with Crippen LogP contribution in [-0.4, -0.2) is 27.3 Å². The Morgan fingerprint density at radius 2 is 1.84 bits per heavy atom. The number of carbonyl (C=O) groups excluding carboxylic acids is 1. The zero-order valence-corrected chi connectivity index (χ0v) is 14.0. The number of nitriles is 1. The minimum Gasteiger partial charge on any atom is -0.333 e. The van der Waals surface area contributed by atoms with Crippen LogP contribution in [0.25, 0.3) is 11.0 Å². The highest BCUT2D eigenvalue weighted by Gasteiger charge is 2.17. The van der Waals surface area contributed by atoms with Crippen molar-refractivity contribution in [1.82, 2.24) is 14.9 Å². The first-order valence-electron chi connectivity index (χ1n) is 8.21. The number of carbonyl (C=O) groups is 1. The van der Waals surface area contributed by atoms with Gasteiger partial charge >= 0.3 is 0 Å². The molecule has 0 saturated carbocycles. The number of hydrogen-bond acceptors (Lipinski definition) is 4. The maximum atomic E-state index is 12.9. The van der Waals surface area contributed by atoms with Crippen molar-refractivity contribution in [2.24, 2.45) is 0 Å². The molecule has 0 unspecified atom stereocenters. The summed E-state index contributed by atoms with van der Waals surface area (Å²) in [5.74, 6) is -0.135. The van der Waals surface area contributed by atoms with Crippen LogP contribution in [0.3, 0.4) is 0 Å². The fourth-order valence-electron chi connectivity index (χ4n) is 2.65. The largest absolute Gasteiger partial charge is 0.333 e. The number of fused-ring (bicyclic) bond motifs is 1. The Labute approximate surface area is 146 Å². The lowest BCUT2D eigenvalue weighted by Crippen LogP contribution is -2.32. The maximum absolute atomic E-state index is 12.9. The van der Waals surface area contributed by atoms with Gasteiger partial charge in [-0.15, -0.1) is 0 Å². The summed E-state index contributed by atoms with van der Waals surface area (Å²) < 4.78 is 0. The van der Waals surface area contributed by atoms with E-state index < -0.39 is 0 Å². The molecule has 0 spiro atoms. The third-order valence-corrected chi connectivity index (χ3v) is 3.90. The third kappa shape index (κ3) is 3.81. The molecule has 3 aromatic rings. The number of rotatable bonds is 5. The van der Waals surface area contributed by atoms with Crippen molar-refractivity contribution < 1.29 is 4.79 Å². The lowest BCUT2D eigenvalue weighted by atomic mass is 10.1. The smallest absolute Gasteiger partial charge is 0.274 e. The van der Waals surface area contributed by atoms with Gasteiger partial charge in [0.25, 0.3) is 5.91 Å². The van der Waals surface area contributed by atoms with E-state index in [4.69, 9.17) is 5.26 Å². The van der Waals surface area contributed by atoms with Crippen molar-refractivity contribution in [2.45, 2.75) is 19.9 Å². The zero-order valence-electron chi connectivity index (χ0n) is 14.0. The Morgan fingerprint density at radius 1 is 1.12 bits per heavy atom. The Bertz CT molecular complexity index is 928. The number of para-hydroxylation sites is 2. The van der Waals surface area contributed by atoms with Gasteiger partial charge in [-0.1, -0.05) is 31.2 Å². The van der Waals surface area contributed by atoms with Crippen LogP contribution in [0.15, 0.2) is 54.7 Å². The van der Waals surface area contributed by atoms with Crippen molar-refractivity contribution in [3.63, 3.8) is 0 Å². The summed E-state index contributed by atoms with van der Waals surface area (Å²) >= 11 is 0. The molecule has 124 valence electrons. The molecule has 0 N–H and O–H groups in total. The second-order valence-electron chi connectivity index (χ2n) is 5.78. The van der Waals surface area contributed by atoms with E-state index in [9.17, 15) is 4.79 Å². The van der Waals surface area contributed by atoms with E-state index in [-0.39, 0.29) is 5.91 Å². The van der Waals surface area contributed by atoms with Gasteiger partial charge in [0.2, 0.25) is 0 Å². The predicted octanol–water partition coefficient (Wildman–Crippen LogP) is 3.55. The van der Waals surface area contributed by atoms with Gasteiger partial charge in [0.1, 0.15) is 5.69 Å². The van der Waals surface area contributed by atoms with Crippen LogP contribution in [0.5, 0.6) is 0 Å². The van der Waals surface area contributed by atoms with Crippen molar-refractivity contribution in [3.8, 4) is 6.07 Å². The van der Waals surface area contributed by atoms with Crippen LogP contribution in [0.1, 0.15) is 35.0 Å². The molecule has 0 saturated heterocycles. The fourth-order valence-corrected chi connectivity index (χ4v) is 2.65. The molecule has 0 atom stereocenters. The first kappa shape index (κ1) is 16.6. The van der Waals surface area contributed by atoms with E-state index in [0.717, 1.165) is 17.5 Å². The lowest BCUT2D eigenvalue weighted by Gasteiger charge is -2.22. The maximum Gasteiger partial charge on any atom is 0.274 e. The number of nitrogens with zero attached hydrogens (tertiary/aromatic N) is 4. The second kappa shape index (κ2) is 7.54. The molecule has 0 aliphatic heterocycles. The van der Waals surface area contributed by atoms with Gasteiger partial charge in [-0.2, -0.15) is 5.26 Å². The highest BCUT2D eigenvalue weighted by molar-refractivity contribution is 5.93. The quantitative estimate of drug-likeness (QED) is 0.717. The van der Waals surface area contributed by atoms with E-state index in [2.05, 4.69) is 16.0 Å². The second-order valence-corrected chi connectivity index (χ2v) is 5.78. The lowest BCUT2D eigenvalue weighted by molar-refractivity contribution is 0.0737. The molecule has 0 bridgehead atoms. The van der Waals surface area contributed by atoms with E-state index in [1.165, 1.54) is 6.20 Å². The van der Waals surface area contributed by atoms with Gasteiger partial charge in [0, 0.05) is 13.1 Å². The van der Waals surface area contributed by atoms with Gasteiger partial charge in [0.15, 0.2) is 0 Å². The molecule has 2 aromatic carbocycles. The minimum atomic E-state index is -0.135. The monoisotopic (exact) mass is 330 g/mol. The van der Waals surface area contributed by atoms with E-state index >= 15 is 0 Å². The molecular formula is C20H18N4O. The van der Waals surface area contributed by atoms with Crippen molar-refractivity contribution >= 4 is 16.9 Å². The number of amides is 1. The summed E-state index contributed by atoms with van der Waals surface area (Å²) in [6, 6.07) is 16.9. The zero-order chi connectivity index (χ0) is 17.6. The molecule has 0 fully saturated rings. The fraction of sp³-hybridized carbons (Fsp3) is 0.200. The Balaban J connectivity index is 1.84. The minimum absolute atomic E-state index is 0.135. The molecule has 0 radical (unpaired) electrons. The van der Waals surface area contributed by atoms with Gasteiger partial charge in [-0.05, 0) is 36.2 Å². The standard InChI is InChI=1S/C20H18N4O/c1-2-11-24(14-16-9-7-15(12-21)8-10-16)20(25)19-13-22-17-5-3-4-6-18(17)23-19/h3-10,13H,2,11,14H2,1H3. The van der Waals surface area contributed by atoms with Gasteiger partial charge < -0.3 is 4.90 Å². The SMILES string of the molecule is CCCN(Cc1ccc(C#N)cc1)C(=O)c1cnc2ccccc2n1. The van der Waals surface area contributed by atoms with Crippen LogP contribution in [0.2, 0.25) is 0 Å². The third-order valence-electron chi connectivity index (χ3n) is 3.90. The van der Waals surface area contributed by atoms with Crippen LogP contribution >= 0.6 is 0 Å². The molecule has 25 heavy (non-hydrogen) atoms. The van der Waals surface area contributed by atoms with Crippen LogP contribution in [0.4, 0.5) is 0 Å². The molecule has 5 heteroatoms. The first-order valence-corrected chi connectivity index (χ1v) is 8.21. The topological polar surface area (TPSA) is 69.9 Å². The van der Waals surface area contributed by atoms with Gasteiger partial charge in [0.05, 0.1) is 28.9 Å². The summed E-state index contributed by atoms with van der Waals surface area (Å²) in [5, 5.41) is 8.89. The molecule has 1 amide bonds. The van der Waals surface area contributed by atoms with Crippen LogP contribution in [-0.2, 0) is 6.54 Å². The number of aromatic nitrogens is 2. The molecule has 1 heterocycles.